The maximum absolute atomic E-state index is 12.6. The number of nitrogens with zero attached hydrogens (tertiary/aromatic N) is 2. The highest BCUT2D eigenvalue weighted by molar-refractivity contribution is 6.00. The lowest BCUT2D eigenvalue weighted by Gasteiger charge is -2.29. The minimum atomic E-state index is -0.170. The van der Waals surface area contributed by atoms with E-state index in [1.165, 1.54) is 12.0 Å². The van der Waals surface area contributed by atoms with Crippen LogP contribution in [0.1, 0.15) is 38.2 Å². The molecule has 0 aromatic heterocycles. The molecule has 2 heterocycles. The number of benzene rings is 1. The normalized spacial score (nSPS) is 22.2. The van der Waals surface area contributed by atoms with E-state index in [0.717, 1.165) is 38.0 Å². The van der Waals surface area contributed by atoms with Crippen LogP contribution in [0, 0.1) is 5.92 Å². The molecule has 22 heavy (non-hydrogen) atoms. The van der Waals surface area contributed by atoms with Gasteiger partial charge in [0.25, 0.3) is 0 Å². The van der Waals surface area contributed by atoms with Crippen LogP contribution < -0.4 is 4.90 Å². The van der Waals surface area contributed by atoms with Crippen molar-refractivity contribution in [2.24, 2.45) is 5.92 Å². The highest BCUT2D eigenvalue weighted by atomic mass is 16.2. The Morgan fingerprint density at radius 2 is 1.82 bits per heavy atom. The van der Waals surface area contributed by atoms with E-state index in [1.54, 1.807) is 4.90 Å². The lowest BCUT2D eigenvalue weighted by molar-refractivity contribution is -0.136. The summed E-state index contributed by atoms with van der Waals surface area (Å²) in [5.74, 6) is 0.0665. The molecule has 1 aromatic carbocycles. The Bertz CT molecular complexity index is 547. The average Bonchev–Trinajstić information content (AvgIpc) is 2.97. The number of piperidine rings is 1. The van der Waals surface area contributed by atoms with Gasteiger partial charge in [0.2, 0.25) is 11.8 Å². The Balaban J connectivity index is 1.68. The van der Waals surface area contributed by atoms with Gasteiger partial charge in [-0.3, -0.25) is 9.59 Å². The molecule has 2 fully saturated rings. The van der Waals surface area contributed by atoms with E-state index in [0.29, 0.717) is 13.0 Å². The molecule has 0 unspecified atom stereocenters. The van der Waals surface area contributed by atoms with Gasteiger partial charge in [-0.2, -0.15) is 0 Å². The van der Waals surface area contributed by atoms with Crippen molar-refractivity contribution in [1.82, 2.24) is 4.90 Å². The number of aryl methyl sites for hydroxylation is 1. The van der Waals surface area contributed by atoms with Gasteiger partial charge >= 0.3 is 0 Å². The average molecular weight is 300 g/mol. The third kappa shape index (κ3) is 3.01. The zero-order chi connectivity index (χ0) is 15.5. The summed E-state index contributed by atoms with van der Waals surface area (Å²) < 4.78 is 0. The summed E-state index contributed by atoms with van der Waals surface area (Å²) in [6.45, 7) is 4.35. The molecule has 4 heteroatoms. The lowest BCUT2D eigenvalue weighted by Crippen LogP contribution is -2.40. The summed E-state index contributed by atoms with van der Waals surface area (Å²) in [6.07, 6.45) is 4.74. The lowest BCUT2D eigenvalue weighted by atomic mass is 10.0. The largest absolute Gasteiger partial charge is 0.342 e. The third-order valence-electron chi connectivity index (χ3n) is 4.80. The van der Waals surface area contributed by atoms with Crippen LogP contribution >= 0.6 is 0 Å². The van der Waals surface area contributed by atoms with Crippen LogP contribution in [0.2, 0.25) is 0 Å². The highest BCUT2D eigenvalue weighted by Gasteiger charge is 2.37. The van der Waals surface area contributed by atoms with E-state index in [2.05, 4.69) is 19.1 Å². The van der Waals surface area contributed by atoms with Gasteiger partial charge in [0.1, 0.15) is 0 Å². The summed E-state index contributed by atoms with van der Waals surface area (Å²) in [4.78, 5) is 28.6. The monoisotopic (exact) mass is 300 g/mol. The van der Waals surface area contributed by atoms with Crippen molar-refractivity contribution in [2.45, 2.75) is 39.0 Å². The van der Waals surface area contributed by atoms with Crippen molar-refractivity contribution in [3.8, 4) is 0 Å². The molecule has 2 amide bonds. The first-order valence-corrected chi connectivity index (χ1v) is 8.37. The zero-order valence-electron chi connectivity index (χ0n) is 13.3. The van der Waals surface area contributed by atoms with E-state index in [1.807, 2.05) is 17.0 Å². The van der Waals surface area contributed by atoms with Gasteiger partial charge in [-0.25, -0.2) is 0 Å². The highest BCUT2D eigenvalue weighted by Crippen LogP contribution is 2.27. The van der Waals surface area contributed by atoms with Crippen molar-refractivity contribution in [3.05, 3.63) is 29.8 Å². The molecule has 2 aliphatic heterocycles. The van der Waals surface area contributed by atoms with Crippen LogP contribution in [0.15, 0.2) is 24.3 Å². The zero-order valence-corrected chi connectivity index (χ0v) is 13.3. The first-order valence-electron chi connectivity index (χ1n) is 8.37. The molecule has 118 valence electrons. The fraction of sp³-hybridized carbons (Fsp3) is 0.556. The Kier molecular flexibility index (Phi) is 4.46. The number of carbonyl (C=O) groups excluding carboxylic acids is 2. The molecule has 2 saturated heterocycles. The predicted octanol–water partition coefficient (Wildman–Crippen LogP) is 2.61. The standard InChI is InChI=1S/C18H24N2O2/c1-2-14-6-8-16(9-7-14)20-13-15(12-17(20)21)18(22)19-10-4-3-5-11-19/h6-9,15H,2-5,10-13H2,1H3/t15-/m0/s1. The minimum absolute atomic E-state index is 0.0691. The SMILES string of the molecule is CCc1ccc(N2C[C@@H](C(=O)N3CCCCC3)CC2=O)cc1. The number of hydrogen-bond donors (Lipinski definition) is 0. The molecule has 4 nitrogen and oxygen atoms in total. The maximum Gasteiger partial charge on any atom is 0.228 e. The molecule has 0 N–H and O–H groups in total. The topological polar surface area (TPSA) is 40.6 Å². The molecule has 0 spiro atoms. The van der Waals surface area contributed by atoms with E-state index in [9.17, 15) is 9.59 Å². The first-order chi connectivity index (χ1) is 10.7. The fourth-order valence-corrected chi connectivity index (χ4v) is 3.41. The van der Waals surface area contributed by atoms with Crippen LogP contribution in [0.3, 0.4) is 0 Å². The van der Waals surface area contributed by atoms with Crippen molar-refractivity contribution in [2.75, 3.05) is 24.5 Å². The van der Waals surface area contributed by atoms with Crippen LogP contribution in [0.25, 0.3) is 0 Å². The number of anilines is 1. The van der Waals surface area contributed by atoms with Crippen LogP contribution in [-0.2, 0) is 16.0 Å². The predicted molar refractivity (Wildman–Crippen MR) is 86.7 cm³/mol. The molecule has 3 rings (SSSR count). The van der Waals surface area contributed by atoms with Gasteiger partial charge in [0, 0.05) is 31.7 Å². The Hall–Kier alpha value is -1.84. The Morgan fingerprint density at radius 3 is 2.45 bits per heavy atom. The molecule has 0 bridgehead atoms. The fourth-order valence-electron chi connectivity index (χ4n) is 3.41. The van der Waals surface area contributed by atoms with Crippen LogP contribution in [-0.4, -0.2) is 36.3 Å². The van der Waals surface area contributed by atoms with E-state index >= 15 is 0 Å². The second-order valence-electron chi connectivity index (χ2n) is 6.31. The van der Waals surface area contributed by atoms with Crippen molar-refractivity contribution >= 4 is 17.5 Å². The molecule has 0 aliphatic carbocycles. The Labute approximate surface area is 132 Å². The number of likely N-dealkylation sites (tertiary alicyclic amines) is 1. The van der Waals surface area contributed by atoms with Gasteiger partial charge in [0.15, 0.2) is 0 Å². The number of amides is 2. The third-order valence-corrected chi connectivity index (χ3v) is 4.80. The summed E-state index contributed by atoms with van der Waals surface area (Å²) in [5.41, 5.74) is 2.17. The summed E-state index contributed by atoms with van der Waals surface area (Å²) >= 11 is 0. The molecule has 1 atom stereocenters. The second-order valence-corrected chi connectivity index (χ2v) is 6.31. The summed E-state index contributed by atoms with van der Waals surface area (Å²) in [7, 11) is 0. The molecule has 2 aliphatic rings. The Morgan fingerprint density at radius 1 is 1.14 bits per heavy atom. The van der Waals surface area contributed by atoms with Gasteiger partial charge in [0.05, 0.1) is 5.92 Å². The van der Waals surface area contributed by atoms with E-state index in [-0.39, 0.29) is 17.7 Å². The minimum Gasteiger partial charge on any atom is -0.342 e. The van der Waals surface area contributed by atoms with Crippen molar-refractivity contribution in [3.63, 3.8) is 0 Å². The molecular formula is C18H24N2O2. The molecule has 0 saturated carbocycles. The van der Waals surface area contributed by atoms with Crippen molar-refractivity contribution in [1.29, 1.82) is 0 Å². The quantitative estimate of drug-likeness (QED) is 0.861. The number of carbonyl (C=O) groups is 2. The van der Waals surface area contributed by atoms with Crippen LogP contribution in [0.4, 0.5) is 5.69 Å². The van der Waals surface area contributed by atoms with E-state index < -0.39 is 0 Å². The number of rotatable bonds is 3. The molecular weight excluding hydrogens is 276 g/mol. The van der Waals surface area contributed by atoms with Gasteiger partial charge < -0.3 is 9.80 Å². The molecule has 0 radical (unpaired) electrons. The number of hydrogen-bond acceptors (Lipinski definition) is 2. The summed E-state index contributed by atoms with van der Waals surface area (Å²) in [5, 5.41) is 0. The van der Waals surface area contributed by atoms with Gasteiger partial charge in [-0.05, 0) is 43.4 Å². The second kappa shape index (κ2) is 6.51. The van der Waals surface area contributed by atoms with Crippen LogP contribution in [0.5, 0.6) is 0 Å². The summed E-state index contributed by atoms with van der Waals surface area (Å²) in [6, 6.07) is 8.10. The van der Waals surface area contributed by atoms with Crippen molar-refractivity contribution < 1.29 is 9.59 Å². The first kappa shape index (κ1) is 15.1. The smallest absolute Gasteiger partial charge is 0.228 e. The molecule has 1 aromatic rings. The van der Waals surface area contributed by atoms with E-state index in [4.69, 9.17) is 0 Å². The van der Waals surface area contributed by atoms with Gasteiger partial charge in [-0.1, -0.05) is 19.1 Å². The maximum atomic E-state index is 12.6. The van der Waals surface area contributed by atoms with Gasteiger partial charge in [-0.15, -0.1) is 0 Å².